The van der Waals surface area contributed by atoms with Gasteiger partial charge in [-0.3, -0.25) is 4.79 Å². The normalized spacial score (nSPS) is 18.6. The smallest absolute Gasteiger partial charge is 0.270 e. The topological polar surface area (TPSA) is 54.5 Å². The molecule has 1 aliphatic rings. The van der Waals surface area contributed by atoms with E-state index in [0.717, 1.165) is 14.3 Å². The third kappa shape index (κ3) is 3.34. The van der Waals surface area contributed by atoms with E-state index in [2.05, 4.69) is 21.9 Å². The summed E-state index contributed by atoms with van der Waals surface area (Å²) in [5, 5.41) is 0. The highest BCUT2D eigenvalue weighted by Gasteiger charge is 2.45. The predicted octanol–water partition coefficient (Wildman–Crippen LogP) is 4.99. The molecular weight excluding hydrogens is 462 g/mol. The maximum Gasteiger partial charge on any atom is 0.270 e. The van der Waals surface area contributed by atoms with E-state index in [1.165, 1.54) is 12.1 Å². The van der Waals surface area contributed by atoms with Gasteiger partial charge in [-0.25, -0.2) is 12.7 Å². The van der Waals surface area contributed by atoms with E-state index in [-0.39, 0.29) is 4.90 Å². The van der Waals surface area contributed by atoms with Gasteiger partial charge in [0.2, 0.25) is 5.91 Å². The minimum Gasteiger partial charge on any atom is -0.273 e. The number of benzene rings is 3. The number of hydrogen-bond acceptors (Lipinski definition) is 3. The second kappa shape index (κ2) is 7.75. The number of terminal acetylenes is 1. The fourth-order valence-electron chi connectivity index (χ4n) is 3.77. The number of sulfonamides is 1. The van der Waals surface area contributed by atoms with Crippen LogP contribution in [0.15, 0.2) is 82.2 Å². The average molecular weight is 480 g/mol. The first-order valence-corrected chi connectivity index (χ1v) is 11.5. The van der Waals surface area contributed by atoms with E-state index in [0.29, 0.717) is 16.8 Å². The fourth-order valence-corrected chi connectivity index (χ4v) is 5.62. The van der Waals surface area contributed by atoms with Crippen LogP contribution in [-0.2, 0) is 14.8 Å². The number of carbonyl (C=O) groups excluding carboxylic acids is 1. The molecule has 0 spiro atoms. The predicted molar refractivity (Wildman–Crippen MR) is 121 cm³/mol. The molecule has 0 aromatic heterocycles. The Morgan fingerprint density at radius 3 is 2.30 bits per heavy atom. The Hall–Kier alpha value is -2.88. The third-order valence-electron chi connectivity index (χ3n) is 5.24. The standard InChI is InChI=1S/C24H18BrNO3S/c1-3-20-21-15-18(25)11-14-22(21)26(24(27)23(20)17-7-5-4-6-8-17)30(28,29)19-12-9-16(2)10-13-19/h1,4-15,20,23H,2H3/t20-,23+/m0/s1. The largest absolute Gasteiger partial charge is 0.273 e. The van der Waals surface area contributed by atoms with Crippen LogP contribution < -0.4 is 4.31 Å². The van der Waals surface area contributed by atoms with Crippen LogP contribution in [0.25, 0.3) is 0 Å². The zero-order valence-electron chi connectivity index (χ0n) is 16.1. The van der Waals surface area contributed by atoms with Crippen LogP contribution in [0.3, 0.4) is 0 Å². The lowest BCUT2D eigenvalue weighted by Crippen LogP contribution is -2.45. The molecule has 150 valence electrons. The van der Waals surface area contributed by atoms with Crippen LogP contribution in [0.1, 0.15) is 28.5 Å². The second-order valence-electron chi connectivity index (χ2n) is 7.16. The molecule has 0 N–H and O–H groups in total. The van der Waals surface area contributed by atoms with Gasteiger partial charge in [0.1, 0.15) is 0 Å². The monoisotopic (exact) mass is 479 g/mol. The van der Waals surface area contributed by atoms with Gasteiger partial charge in [-0.2, -0.15) is 0 Å². The lowest BCUT2D eigenvalue weighted by atomic mass is 9.78. The lowest BCUT2D eigenvalue weighted by Gasteiger charge is -2.37. The highest BCUT2D eigenvalue weighted by molar-refractivity contribution is 9.10. The van der Waals surface area contributed by atoms with Gasteiger partial charge >= 0.3 is 0 Å². The highest BCUT2D eigenvalue weighted by atomic mass is 79.9. The number of halogens is 1. The first kappa shape index (κ1) is 20.4. The molecule has 1 aliphatic heterocycles. The van der Waals surface area contributed by atoms with Gasteiger partial charge in [0.25, 0.3) is 10.0 Å². The van der Waals surface area contributed by atoms with Crippen molar-refractivity contribution in [2.45, 2.75) is 23.7 Å². The summed E-state index contributed by atoms with van der Waals surface area (Å²) >= 11 is 3.44. The van der Waals surface area contributed by atoms with Crippen molar-refractivity contribution in [3.05, 3.63) is 94.0 Å². The van der Waals surface area contributed by atoms with Crippen molar-refractivity contribution in [1.29, 1.82) is 0 Å². The summed E-state index contributed by atoms with van der Waals surface area (Å²) in [6.07, 6.45) is 5.85. The van der Waals surface area contributed by atoms with Crippen molar-refractivity contribution < 1.29 is 13.2 Å². The summed E-state index contributed by atoms with van der Waals surface area (Å²) < 4.78 is 28.8. The number of nitrogens with zero attached hydrogens (tertiary/aromatic N) is 1. The van der Waals surface area contributed by atoms with Gasteiger partial charge in [-0.15, -0.1) is 6.42 Å². The Bertz CT molecular complexity index is 1260. The van der Waals surface area contributed by atoms with Crippen molar-refractivity contribution in [2.75, 3.05) is 4.31 Å². The van der Waals surface area contributed by atoms with Crippen molar-refractivity contribution >= 4 is 37.5 Å². The number of carbonyl (C=O) groups is 1. The Morgan fingerprint density at radius 2 is 1.67 bits per heavy atom. The van der Waals surface area contributed by atoms with Crippen molar-refractivity contribution in [3.63, 3.8) is 0 Å². The van der Waals surface area contributed by atoms with Gasteiger partial charge in [0, 0.05) is 4.47 Å². The molecule has 4 rings (SSSR count). The average Bonchev–Trinajstić information content (AvgIpc) is 2.73. The minimum atomic E-state index is -4.13. The van der Waals surface area contributed by atoms with E-state index >= 15 is 0 Å². The number of rotatable bonds is 3. The van der Waals surface area contributed by atoms with E-state index in [1.807, 2.05) is 25.1 Å². The summed E-state index contributed by atoms with van der Waals surface area (Å²) in [7, 11) is -4.13. The molecule has 0 aliphatic carbocycles. The van der Waals surface area contributed by atoms with E-state index in [9.17, 15) is 13.2 Å². The summed E-state index contributed by atoms with van der Waals surface area (Å²) in [4.78, 5) is 13.7. The molecule has 1 amide bonds. The van der Waals surface area contributed by atoms with Gasteiger partial charge in [-0.05, 0) is 48.4 Å². The van der Waals surface area contributed by atoms with Crippen LogP contribution in [0.2, 0.25) is 0 Å². The SMILES string of the molecule is C#C[C@H]1c2cc(Br)ccc2N(S(=O)(=O)c2ccc(C)cc2)C(=O)[C@@H]1c1ccccc1. The molecule has 2 atom stereocenters. The van der Waals surface area contributed by atoms with Crippen LogP contribution in [-0.4, -0.2) is 14.3 Å². The third-order valence-corrected chi connectivity index (χ3v) is 7.46. The maximum atomic E-state index is 13.7. The maximum absolute atomic E-state index is 13.7. The van der Waals surface area contributed by atoms with E-state index in [4.69, 9.17) is 6.42 Å². The van der Waals surface area contributed by atoms with Crippen LogP contribution in [0.5, 0.6) is 0 Å². The first-order chi connectivity index (χ1) is 14.3. The van der Waals surface area contributed by atoms with Gasteiger partial charge in [-0.1, -0.05) is 69.9 Å². The zero-order valence-corrected chi connectivity index (χ0v) is 18.5. The molecule has 0 saturated carbocycles. The molecule has 3 aromatic carbocycles. The summed E-state index contributed by atoms with van der Waals surface area (Å²) in [5.41, 5.74) is 2.52. The Balaban J connectivity index is 1.97. The first-order valence-electron chi connectivity index (χ1n) is 9.31. The van der Waals surface area contributed by atoms with Gasteiger partial charge in [0.15, 0.2) is 0 Å². The molecular formula is C24H18BrNO3S. The highest BCUT2D eigenvalue weighted by Crippen LogP contribution is 2.46. The molecule has 0 radical (unpaired) electrons. The Morgan fingerprint density at radius 1 is 1.00 bits per heavy atom. The second-order valence-corrected chi connectivity index (χ2v) is 9.86. The number of anilines is 1. The van der Waals surface area contributed by atoms with Crippen LogP contribution in [0, 0.1) is 19.3 Å². The fraction of sp³-hybridized carbons (Fsp3) is 0.125. The zero-order chi connectivity index (χ0) is 21.5. The van der Waals surface area contributed by atoms with E-state index < -0.39 is 27.8 Å². The number of fused-ring (bicyclic) bond motifs is 1. The molecule has 30 heavy (non-hydrogen) atoms. The van der Waals surface area contributed by atoms with Crippen molar-refractivity contribution in [1.82, 2.24) is 0 Å². The van der Waals surface area contributed by atoms with Gasteiger partial charge < -0.3 is 0 Å². The number of hydrogen-bond donors (Lipinski definition) is 0. The van der Waals surface area contributed by atoms with Gasteiger partial charge in [0.05, 0.1) is 22.4 Å². The molecule has 0 saturated heterocycles. The number of aryl methyl sites for hydroxylation is 1. The number of amides is 1. The summed E-state index contributed by atoms with van der Waals surface area (Å²) in [6.45, 7) is 1.87. The lowest BCUT2D eigenvalue weighted by molar-refractivity contribution is -0.119. The molecule has 0 bridgehead atoms. The Labute approximate surface area is 184 Å². The molecule has 0 unspecified atom stereocenters. The van der Waals surface area contributed by atoms with E-state index in [1.54, 1.807) is 42.5 Å². The summed E-state index contributed by atoms with van der Waals surface area (Å²) in [5.74, 6) is 0.773. The molecule has 1 heterocycles. The Kier molecular flexibility index (Phi) is 5.27. The minimum absolute atomic E-state index is 0.0567. The van der Waals surface area contributed by atoms with Crippen LogP contribution in [0.4, 0.5) is 5.69 Å². The van der Waals surface area contributed by atoms with Crippen molar-refractivity contribution in [3.8, 4) is 12.3 Å². The molecule has 6 heteroatoms. The quantitative estimate of drug-likeness (QED) is 0.497. The molecule has 3 aromatic rings. The van der Waals surface area contributed by atoms with Crippen LogP contribution >= 0.6 is 15.9 Å². The molecule has 4 nitrogen and oxygen atoms in total. The van der Waals surface area contributed by atoms with Crippen molar-refractivity contribution in [2.24, 2.45) is 0 Å². The molecule has 0 fully saturated rings. The summed E-state index contributed by atoms with van der Waals surface area (Å²) in [6, 6.07) is 20.6.